The fourth-order valence-corrected chi connectivity index (χ4v) is 8.02. The van der Waals surface area contributed by atoms with Gasteiger partial charge in [0.25, 0.3) is 5.91 Å². The number of ether oxygens (including phenoxy) is 1. The van der Waals surface area contributed by atoms with Crippen LogP contribution in [0.15, 0.2) is 0 Å². The van der Waals surface area contributed by atoms with Crippen molar-refractivity contribution in [2.45, 2.75) is 148 Å². The molecule has 4 rings (SSSR count). The summed E-state index contributed by atoms with van der Waals surface area (Å²) in [5, 5.41) is 11.0. The second-order valence-corrected chi connectivity index (χ2v) is 15.7. The van der Waals surface area contributed by atoms with E-state index in [2.05, 4.69) is 35.1 Å². The largest absolute Gasteiger partial charge is 0.444 e. The predicted octanol–water partition coefficient (Wildman–Crippen LogP) is 3.36. The Labute approximate surface area is 279 Å². The Kier molecular flexibility index (Phi) is 12.0. The monoisotopic (exact) mass is 659 g/mol. The predicted molar refractivity (Wildman–Crippen MR) is 176 cm³/mol. The van der Waals surface area contributed by atoms with E-state index >= 15 is 0 Å². The minimum Gasteiger partial charge on any atom is -0.444 e. The van der Waals surface area contributed by atoms with E-state index in [4.69, 9.17) is 4.74 Å². The average molecular weight is 660 g/mol. The first-order valence-corrected chi connectivity index (χ1v) is 17.9. The summed E-state index contributed by atoms with van der Waals surface area (Å²) in [4.78, 5) is 81.3. The molecule has 0 bridgehead atoms. The number of alkyl carbamates (subject to hydrolysis) is 1. The molecular formula is C35H57N5O7. The van der Waals surface area contributed by atoms with E-state index < -0.39 is 47.4 Å². The SMILES string of the molecule is CCC[C@H](NC(=O)C1C2C(CN1C(=O)C(NC(=O)OC(C)(C)C)C1CCCCC1)C2(C)C)C(=O)C(=O)NCC(=O)NC1CCCCC1. The molecule has 1 heterocycles. The molecule has 0 aromatic rings. The number of nitrogens with one attached hydrogen (secondary N) is 4. The van der Waals surface area contributed by atoms with Gasteiger partial charge >= 0.3 is 6.09 Å². The third-order valence-corrected chi connectivity index (χ3v) is 10.6. The first kappa shape index (κ1) is 36.7. The van der Waals surface area contributed by atoms with Crippen molar-refractivity contribution in [2.24, 2.45) is 23.2 Å². The maximum Gasteiger partial charge on any atom is 0.408 e. The van der Waals surface area contributed by atoms with Gasteiger partial charge in [-0.25, -0.2) is 4.79 Å². The third kappa shape index (κ3) is 9.25. The number of Topliss-reactive ketones (excluding diaryl/α,β-unsaturated/α-hetero) is 1. The Bertz CT molecular complexity index is 1190. The number of ketones is 1. The maximum absolute atomic E-state index is 14.3. The molecule has 0 radical (unpaired) electrons. The van der Waals surface area contributed by atoms with E-state index in [0.29, 0.717) is 13.0 Å². The molecule has 4 N–H and O–H groups in total. The van der Waals surface area contributed by atoms with Crippen molar-refractivity contribution in [3.8, 4) is 0 Å². The van der Waals surface area contributed by atoms with Crippen LogP contribution in [0.1, 0.15) is 119 Å². The second-order valence-electron chi connectivity index (χ2n) is 15.7. The lowest BCUT2D eigenvalue weighted by molar-refractivity contribution is -0.145. The molecule has 47 heavy (non-hydrogen) atoms. The number of rotatable bonds is 12. The highest BCUT2D eigenvalue weighted by Gasteiger charge is 2.69. The van der Waals surface area contributed by atoms with E-state index in [1.165, 1.54) is 0 Å². The Hall–Kier alpha value is -3.18. The number of likely N-dealkylation sites (tertiary alicyclic amines) is 1. The smallest absolute Gasteiger partial charge is 0.408 e. The van der Waals surface area contributed by atoms with Gasteiger partial charge in [0, 0.05) is 12.6 Å². The molecule has 1 aliphatic heterocycles. The molecular weight excluding hydrogens is 602 g/mol. The molecule has 3 aliphatic carbocycles. The van der Waals surface area contributed by atoms with Gasteiger partial charge < -0.3 is 30.9 Å². The van der Waals surface area contributed by atoms with E-state index in [0.717, 1.165) is 64.2 Å². The van der Waals surface area contributed by atoms with Crippen LogP contribution in [0.5, 0.6) is 0 Å². The fourth-order valence-electron chi connectivity index (χ4n) is 8.02. The molecule has 0 aromatic heterocycles. The van der Waals surface area contributed by atoms with Crippen LogP contribution in [0.4, 0.5) is 4.79 Å². The molecule has 3 saturated carbocycles. The van der Waals surface area contributed by atoms with Crippen molar-refractivity contribution >= 4 is 35.5 Å². The highest BCUT2D eigenvalue weighted by atomic mass is 16.6. The first-order valence-electron chi connectivity index (χ1n) is 17.9. The topological polar surface area (TPSA) is 163 Å². The van der Waals surface area contributed by atoms with Crippen LogP contribution in [0.25, 0.3) is 0 Å². The molecule has 12 heteroatoms. The number of piperidine rings is 1. The Balaban J connectivity index is 1.44. The fraction of sp³-hybridized carbons (Fsp3) is 0.829. The lowest BCUT2D eigenvalue weighted by atomic mass is 9.83. The van der Waals surface area contributed by atoms with Crippen LogP contribution in [0.2, 0.25) is 0 Å². The van der Waals surface area contributed by atoms with Gasteiger partial charge in [-0.3, -0.25) is 24.0 Å². The molecule has 12 nitrogen and oxygen atoms in total. The van der Waals surface area contributed by atoms with Gasteiger partial charge in [0.2, 0.25) is 23.5 Å². The summed E-state index contributed by atoms with van der Waals surface area (Å²) in [5.41, 5.74) is -0.913. The van der Waals surface area contributed by atoms with Crippen molar-refractivity contribution in [1.29, 1.82) is 0 Å². The molecule has 4 unspecified atom stereocenters. The van der Waals surface area contributed by atoms with Crippen molar-refractivity contribution in [3.63, 3.8) is 0 Å². The minimum atomic E-state index is -1.10. The van der Waals surface area contributed by atoms with Crippen LogP contribution in [-0.2, 0) is 28.7 Å². The zero-order valence-corrected chi connectivity index (χ0v) is 29.2. The van der Waals surface area contributed by atoms with Gasteiger partial charge in [0.1, 0.15) is 17.7 Å². The van der Waals surface area contributed by atoms with E-state index in [-0.39, 0.29) is 54.0 Å². The number of carbonyl (C=O) groups is 6. The number of hydrogen-bond donors (Lipinski definition) is 4. The first-order chi connectivity index (χ1) is 22.1. The number of nitrogens with zero attached hydrogens (tertiary/aromatic N) is 1. The maximum atomic E-state index is 14.3. The quantitative estimate of drug-likeness (QED) is 0.234. The van der Waals surface area contributed by atoms with Crippen LogP contribution in [0.3, 0.4) is 0 Å². The van der Waals surface area contributed by atoms with Gasteiger partial charge in [0.15, 0.2) is 0 Å². The van der Waals surface area contributed by atoms with Crippen molar-refractivity contribution in [2.75, 3.05) is 13.1 Å². The van der Waals surface area contributed by atoms with E-state index in [9.17, 15) is 28.8 Å². The molecule has 0 aromatic carbocycles. The van der Waals surface area contributed by atoms with Gasteiger partial charge in [-0.2, -0.15) is 0 Å². The van der Waals surface area contributed by atoms with Crippen LogP contribution < -0.4 is 21.3 Å². The number of hydrogen-bond acceptors (Lipinski definition) is 7. The standard InChI is InChI=1S/C35H57N5O7/c1-7-14-24(29(42)31(44)36-19-25(41)37-22-17-12-9-13-18-22)38-30(43)28-26-23(35(26,5)6)20-40(28)32(45)27(21-15-10-8-11-16-21)39-33(46)47-34(2,3)4/h21-24,26-28H,7-20H2,1-6H3,(H,36,44)(H,37,41)(H,38,43)(H,39,46)/t23?,24-,26?,27?,28?/m0/s1. The van der Waals surface area contributed by atoms with Gasteiger partial charge in [0.05, 0.1) is 12.6 Å². The van der Waals surface area contributed by atoms with Crippen molar-refractivity contribution < 1.29 is 33.5 Å². The summed E-state index contributed by atoms with van der Waals surface area (Å²) in [6, 6.07) is -2.69. The summed E-state index contributed by atoms with van der Waals surface area (Å²) < 4.78 is 5.51. The number of amides is 5. The molecule has 1 saturated heterocycles. The van der Waals surface area contributed by atoms with Crippen LogP contribution in [-0.4, -0.2) is 83.3 Å². The highest BCUT2D eigenvalue weighted by Crippen LogP contribution is 2.65. The summed E-state index contributed by atoms with van der Waals surface area (Å²) in [6.07, 6.45) is 9.72. The number of fused-ring (bicyclic) bond motifs is 1. The minimum absolute atomic E-state index is 0.0779. The van der Waals surface area contributed by atoms with Gasteiger partial charge in [-0.1, -0.05) is 65.7 Å². The molecule has 4 aliphatic rings. The summed E-state index contributed by atoms with van der Waals surface area (Å²) in [7, 11) is 0. The summed E-state index contributed by atoms with van der Waals surface area (Å²) in [6.45, 7) is 11.3. The Morgan fingerprint density at radius 2 is 1.51 bits per heavy atom. The van der Waals surface area contributed by atoms with Gasteiger partial charge in [-0.15, -0.1) is 0 Å². The Morgan fingerprint density at radius 1 is 0.894 bits per heavy atom. The molecule has 5 atom stereocenters. The van der Waals surface area contributed by atoms with Gasteiger partial charge in [-0.05, 0) is 76.0 Å². The normalized spacial score (nSPS) is 25.5. The summed E-state index contributed by atoms with van der Waals surface area (Å²) >= 11 is 0. The Morgan fingerprint density at radius 3 is 2.11 bits per heavy atom. The molecule has 264 valence electrons. The van der Waals surface area contributed by atoms with E-state index in [1.54, 1.807) is 25.7 Å². The number of carbonyl (C=O) groups excluding carboxylic acids is 6. The molecule has 5 amide bonds. The third-order valence-electron chi connectivity index (χ3n) is 10.6. The van der Waals surface area contributed by atoms with Crippen LogP contribution >= 0.6 is 0 Å². The molecule has 4 fully saturated rings. The van der Waals surface area contributed by atoms with E-state index in [1.807, 2.05) is 6.92 Å². The molecule has 0 spiro atoms. The van der Waals surface area contributed by atoms with Crippen molar-refractivity contribution in [1.82, 2.24) is 26.2 Å². The second kappa shape index (κ2) is 15.4. The summed E-state index contributed by atoms with van der Waals surface area (Å²) in [5.74, 6) is -2.98. The van der Waals surface area contributed by atoms with Crippen molar-refractivity contribution in [3.05, 3.63) is 0 Å². The highest BCUT2D eigenvalue weighted by molar-refractivity contribution is 6.38. The lowest BCUT2D eigenvalue weighted by Crippen LogP contribution is -2.60. The zero-order valence-electron chi connectivity index (χ0n) is 29.2. The average Bonchev–Trinajstić information content (AvgIpc) is 3.33. The zero-order chi connectivity index (χ0) is 34.5. The lowest BCUT2D eigenvalue weighted by Gasteiger charge is -2.37. The van der Waals surface area contributed by atoms with Crippen LogP contribution in [0, 0.1) is 23.2 Å².